The van der Waals surface area contributed by atoms with Crippen LogP contribution in [-0.4, -0.2) is 19.8 Å². The molecule has 2 rings (SSSR count). The summed E-state index contributed by atoms with van der Waals surface area (Å²) in [5.74, 6) is 0.145. The van der Waals surface area contributed by atoms with Crippen LogP contribution in [0.2, 0.25) is 0 Å². The second-order valence-electron chi connectivity index (χ2n) is 4.65. The molecule has 0 N–H and O–H groups in total. The lowest BCUT2D eigenvalue weighted by atomic mass is 10.0. The van der Waals surface area contributed by atoms with E-state index in [1.807, 2.05) is 13.0 Å². The van der Waals surface area contributed by atoms with Gasteiger partial charge in [-0.3, -0.25) is 0 Å². The molecule has 0 bridgehead atoms. The molecule has 0 aliphatic heterocycles. The summed E-state index contributed by atoms with van der Waals surface area (Å²) in [4.78, 5) is 0. The Labute approximate surface area is 137 Å². The fraction of sp³-hybridized carbons (Fsp3) is 0.235. The summed E-state index contributed by atoms with van der Waals surface area (Å²) >= 11 is 0. The fourth-order valence-corrected chi connectivity index (χ4v) is 1.98. The van der Waals surface area contributed by atoms with Crippen LogP contribution in [0.4, 0.5) is 13.2 Å². The van der Waals surface area contributed by atoms with E-state index in [1.54, 1.807) is 18.2 Å². The van der Waals surface area contributed by atoms with Gasteiger partial charge in [0.1, 0.15) is 11.5 Å². The highest BCUT2D eigenvalue weighted by Crippen LogP contribution is 2.33. The van der Waals surface area contributed by atoms with Gasteiger partial charge in [-0.25, -0.2) is 0 Å². The van der Waals surface area contributed by atoms with E-state index in [2.05, 4.69) is 4.74 Å². The zero-order valence-electron chi connectivity index (χ0n) is 12.8. The Balaban J connectivity index is 2.30. The van der Waals surface area contributed by atoms with Crippen LogP contribution in [0.15, 0.2) is 42.5 Å². The van der Waals surface area contributed by atoms with E-state index < -0.39 is 6.36 Å². The van der Waals surface area contributed by atoms with Crippen LogP contribution in [-0.2, 0) is 4.74 Å². The molecule has 2 aromatic carbocycles. The van der Waals surface area contributed by atoms with Gasteiger partial charge in [-0.05, 0) is 42.8 Å². The third-order valence-electron chi connectivity index (χ3n) is 3.01. The highest BCUT2D eigenvalue weighted by Gasteiger charge is 2.31. The Morgan fingerprint density at radius 1 is 1.08 bits per heavy atom. The topological polar surface area (TPSA) is 51.5 Å². The summed E-state index contributed by atoms with van der Waals surface area (Å²) in [6.45, 7) is 2.34. The molecule has 0 aliphatic carbocycles. The Bertz CT molecular complexity index is 721. The Kier molecular flexibility index (Phi) is 5.66. The second kappa shape index (κ2) is 7.70. The molecular formula is C17H14F3NO3. The lowest BCUT2D eigenvalue weighted by Gasteiger charge is -2.13. The molecule has 24 heavy (non-hydrogen) atoms. The number of hydrogen-bond acceptors (Lipinski definition) is 4. The van der Waals surface area contributed by atoms with Crippen molar-refractivity contribution in [3.05, 3.63) is 48.0 Å². The molecule has 0 spiro atoms. The van der Waals surface area contributed by atoms with Gasteiger partial charge in [0.25, 0.3) is 0 Å². The molecule has 0 aliphatic rings. The van der Waals surface area contributed by atoms with Crippen molar-refractivity contribution in [2.75, 3.05) is 13.4 Å². The van der Waals surface area contributed by atoms with E-state index in [-0.39, 0.29) is 12.5 Å². The Morgan fingerprint density at radius 3 is 2.38 bits per heavy atom. The number of hydrogen-bond donors (Lipinski definition) is 0. The maximum Gasteiger partial charge on any atom is 0.573 e. The van der Waals surface area contributed by atoms with E-state index in [0.717, 1.165) is 0 Å². The molecule has 0 unspecified atom stereocenters. The predicted molar refractivity (Wildman–Crippen MR) is 80.4 cm³/mol. The highest BCUT2D eigenvalue weighted by atomic mass is 19.4. The highest BCUT2D eigenvalue weighted by molar-refractivity contribution is 5.72. The average Bonchev–Trinajstić information content (AvgIpc) is 2.54. The van der Waals surface area contributed by atoms with Crippen molar-refractivity contribution in [3.8, 4) is 28.7 Å². The van der Waals surface area contributed by atoms with Gasteiger partial charge in [0, 0.05) is 12.2 Å². The lowest BCUT2D eigenvalue weighted by Crippen LogP contribution is -2.16. The molecule has 0 radical (unpaired) electrons. The molecule has 0 atom stereocenters. The largest absolute Gasteiger partial charge is 0.573 e. The van der Waals surface area contributed by atoms with Crippen LogP contribution in [0.5, 0.6) is 11.5 Å². The number of nitrogens with zero attached hydrogens (tertiary/aromatic N) is 1. The first kappa shape index (κ1) is 17.6. The summed E-state index contributed by atoms with van der Waals surface area (Å²) in [6.07, 6.45) is -4.74. The summed E-state index contributed by atoms with van der Waals surface area (Å²) < 4.78 is 51.1. The summed E-state index contributed by atoms with van der Waals surface area (Å²) in [5, 5.41) is 9.03. The minimum atomic E-state index is -4.74. The van der Waals surface area contributed by atoms with Gasteiger partial charge in [0.15, 0.2) is 6.79 Å². The molecule has 7 heteroatoms. The number of halogens is 3. The van der Waals surface area contributed by atoms with Crippen molar-refractivity contribution in [2.45, 2.75) is 13.3 Å². The number of nitriles is 1. The van der Waals surface area contributed by atoms with Gasteiger partial charge in [-0.2, -0.15) is 5.26 Å². The molecule has 4 nitrogen and oxygen atoms in total. The maximum absolute atomic E-state index is 12.2. The van der Waals surface area contributed by atoms with Crippen LogP contribution in [0.3, 0.4) is 0 Å². The summed E-state index contributed by atoms with van der Waals surface area (Å²) in [7, 11) is 0. The van der Waals surface area contributed by atoms with Gasteiger partial charge >= 0.3 is 6.36 Å². The molecule has 0 amide bonds. The van der Waals surface area contributed by atoms with Crippen LogP contribution in [0, 0.1) is 11.3 Å². The summed E-state index contributed by atoms with van der Waals surface area (Å²) in [6, 6.07) is 12.2. The smallest absolute Gasteiger partial charge is 0.467 e. The number of ether oxygens (including phenoxy) is 3. The van der Waals surface area contributed by atoms with Crippen LogP contribution < -0.4 is 9.47 Å². The van der Waals surface area contributed by atoms with E-state index >= 15 is 0 Å². The second-order valence-corrected chi connectivity index (χ2v) is 4.65. The third kappa shape index (κ3) is 4.89. The van der Waals surface area contributed by atoms with Crippen LogP contribution in [0.25, 0.3) is 11.1 Å². The predicted octanol–water partition coefficient (Wildman–Crippen LogP) is 4.50. The average molecular weight is 337 g/mol. The van der Waals surface area contributed by atoms with E-state index in [9.17, 15) is 13.2 Å². The van der Waals surface area contributed by atoms with E-state index in [4.69, 9.17) is 14.7 Å². The number of alkyl halides is 3. The van der Waals surface area contributed by atoms with Crippen LogP contribution in [0.1, 0.15) is 12.5 Å². The molecule has 126 valence electrons. The molecule has 0 aromatic heterocycles. The fourth-order valence-electron chi connectivity index (χ4n) is 1.98. The zero-order valence-corrected chi connectivity index (χ0v) is 12.8. The monoisotopic (exact) mass is 337 g/mol. The molecule has 0 fully saturated rings. The first-order valence-corrected chi connectivity index (χ1v) is 7.04. The number of benzene rings is 2. The standard InChI is InChI=1S/C17H14F3NO3/c1-2-22-11-23-16-8-3-12(10-21)9-15(16)13-4-6-14(7-5-13)24-17(18,19)20/h3-9H,2,11H2,1H3. The molecular weight excluding hydrogens is 323 g/mol. The normalized spacial score (nSPS) is 11.0. The number of rotatable bonds is 6. The van der Waals surface area contributed by atoms with Gasteiger partial charge < -0.3 is 14.2 Å². The van der Waals surface area contributed by atoms with Crippen molar-refractivity contribution < 1.29 is 27.4 Å². The van der Waals surface area contributed by atoms with Gasteiger partial charge in [0.05, 0.1) is 11.6 Å². The molecule has 0 saturated carbocycles. The first-order chi connectivity index (χ1) is 11.4. The van der Waals surface area contributed by atoms with Crippen molar-refractivity contribution >= 4 is 0 Å². The van der Waals surface area contributed by atoms with Crippen LogP contribution >= 0.6 is 0 Å². The van der Waals surface area contributed by atoms with Gasteiger partial charge in [-0.1, -0.05) is 12.1 Å². The molecule has 2 aromatic rings. The van der Waals surface area contributed by atoms with Gasteiger partial charge in [0.2, 0.25) is 0 Å². The Morgan fingerprint density at radius 2 is 1.79 bits per heavy atom. The SMILES string of the molecule is CCOCOc1ccc(C#N)cc1-c1ccc(OC(F)(F)F)cc1. The lowest BCUT2D eigenvalue weighted by molar-refractivity contribution is -0.274. The quantitative estimate of drug-likeness (QED) is 0.575. The summed E-state index contributed by atoms with van der Waals surface area (Å²) in [5.41, 5.74) is 1.57. The van der Waals surface area contributed by atoms with Crippen molar-refractivity contribution in [2.24, 2.45) is 0 Å². The molecule has 0 heterocycles. The zero-order chi connectivity index (χ0) is 17.6. The van der Waals surface area contributed by atoms with Crippen molar-refractivity contribution in [1.82, 2.24) is 0 Å². The third-order valence-corrected chi connectivity index (χ3v) is 3.01. The van der Waals surface area contributed by atoms with E-state index in [1.165, 1.54) is 24.3 Å². The first-order valence-electron chi connectivity index (χ1n) is 7.04. The van der Waals surface area contributed by atoms with Crippen molar-refractivity contribution in [3.63, 3.8) is 0 Å². The van der Waals surface area contributed by atoms with E-state index in [0.29, 0.717) is 29.0 Å². The molecule has 0 saturated heterocycles. The maximum atomic E-state index is 12.2. The minimum Gasteiger partial charge on any atom is -0.467 e. The van der Waals surface area contributed by atoms with Crippen molar-refractivity contribution in [1.29, 1.82) is 5.26 Å². The Hall–Kier alpha value is -2.72. The minimum absolute atomic E-state index is 0.0324. The van der Waals surface area contributed by atoms with Gasteiger partial charge in [-0.15, -0.1) is 13.2 Å².